The fraction of sp³-hybridized carbons (Fsp3) is 0.250. The van der Waals surface area contributed by atoms with Crippen molar-refractivity contribution in [2.75, 3.05) is 5.73 Å². The maximum Gasteiger partial charge on any atom is 0.176 e. The number of nitrogens with zero attached hydrogens (tertiary/aromatic N) is 3. The number of nitriles is 1. The lowest BCUT2D eigenvalue weighted by atomic mass is 10.1. The Balaban J connectivity index is 2.24. The molecule has 1 aromatic carbocycles. The fourth-order valence-corrected chi connectivity index (χ4v) is 2.58. The molecule has 2 N–H and O–H groups in total. The summed E-state index contributed by atoms with van der Waals surface area (Å²) < 4.78 is 0. The van der Waals surface area contributed by atoms with Gasteiger partial charge in [0, 0.05) is 37.2 Å². The number of hydrogen-bond acceptors (Lipinski definition) is 5. The highest BCUT2D eigenvalue weighted by Gasteiger charge is 2.16. The topological polar surface area (TPSA) is 82.5 Å². The smallest absolute Gasteiger partial charge is 0.176 e. The van der Waals surface area contributed by atoms with Gasteiger partial charge in [-0.15, -0.1) is 0 Å². The second-order valence-corrected chi connectivity index (χ2v) is 5.86. The summed E-state index contributed by atoms with van der Waals surface area (Å²) in [5, 5.41) is 15.2. The van der Waals surface area contributed by atoms with E-state index in [4.69, 9.17) is 11.0 Å². The van der Waals surface area contributed by atoms with Crippen LogP contribution in [0.5, 0.6) is 0 Å². The van der Waals surface area contributed by atoms with E-state index in [-0.39, 0.29) is 11.8 Å². The molecule has 1 aliphatic carbocycles. The Morgan fingerprint density at radius 3 is 3.00 bits per heavy atom. The first-order chi connectivity index (χ1) is 12.0. The number of carbonyl (C=O) groups is 1. The van der Waals surface area contributed by atoms with Gasteiger partial charge >= 0.3 is 0 Å². The number of carbonyl (C=O) groups excluding carboxylic acids is 1. The fourth-order valence-electron chi connectivity index (χ4n) is 2.58. The summed E-state index contributed by atoms with van der Waals surface area (Å²) in [6.45, 7) is 5.31. The predicted octanol–water partition coefficient (Wildman–Crippen LogP) is 3.37. The van der Waals surface area contributed by atoms with E-state index in [9.17, 15) is 4.79 Å². The van der Waals surface area contributed by atoms with Crippen molar-refractivity contribution in [2.45, 2.75) is 32.2 Å². The lowest BCUT2D eigenvalue weighted by Gasteiger charge is -2.23. The van der Waals surface area contributed by atoms with Crippen molar-refractivity contribution in [1.29, 1.82) is 5.26 Å². The van der Waals surface area contributed by atoms with Gasteiger partial charge in [-0.25, -0.2) is 0 Å². The van der Waals surface area contributed by atoms with Gasteiger partial charge in [0.15, 0.2) is 5.78 Å². The molecule has 1 aromatic rings. The van der Waals surface area contributed by atoms with Gasteiger partial charge in [-0.2, -0.15) is 10.4 Å². The van der Waals surface area contributed by atoms with Crippen molar-refractivity contribution >= 4 is 17.2 Å². The number of rotatable bonds is 6. The van der Waals surface area contributed by atoms with Gasteiger partial charge < -0.3 is 5.73 Å². The Morgan fingerprint density at radius 2 is 2.36 bits per heavy atom. The van der Waals surface area contributed by atoms with Crippen LogP contribution in [0.1, 0.15) is 25.3 Å². The summed E-state index contributed by atoms with van der Waals surface area (Å²) >= 11 is 0. The maximum atomic E-state index is 12.0. The van der Waals surface area contributed by atoms with Gasteiger partial charge in [0.05, 0.1) is 12.1 Å². The highest BCUT2D eigenvalue weighted by Crippen LogP contribution is 2.17. The number of allylic oxidation sites excluding steroid dienone is 2. The number of anilines is 1. The lowest BCUT2D eigenvalue weighted by molar-refractivity contribution is -0.111. The van der Waals surface area contributed by atoms with E-state index >= 15 is 0 Å². The van der Waals surface area contributed by atoms with Crippen LogP contribution in [0.4, 0.5) is 5.69 Å². The third kappa shape index (κ3) is 5.18. The molecular weight excluding hydrogens is 312 g/mol. The Kier molecular flexibility index (Phi) is 6.30. The molecule has 0 amide bonds. The van der Waals surface area contributed by atoms with Crippen molar-refractivity contribution < 1.29 is 4.79 Å². The molecule has 0 saturated heterocycles. The van der Waals surface area contributed by atoms with Gasteiger partial charge in [0.1, 0.15) is 5.71 Å². The van der Waals surface area contributed by atoms with Crippen LogP contribution in [-0.2, 0) is 11.2 Å². The molecule has 2 rings (SSSR count). The van der Waals surface area contributed by atoms with Gasteiger partial charge in [0.25, 0.3) is 0 Å². The Labute approximate surface area is 148 Å². The van der Waals surface area contributed by atoms with Crippen LogP contribution >= 0.6 is 0 Å². The molecular formula is C20H22N4O. The van der Waals surface area contributed by atoms with Crippen LogP contribution < -0.4 is 5.73 Å². The van der Waals surface area contributed by atoms with Crippen molar-refractivity contribution in [2.24, 2.45) is 5.10 Å². The van der Waals surface area contributed by atoms with Crippen LogP contribution in [0, 0.1) is 11.3 Å². The number of ketones is 1. The quantitative estimate of drug-likeness (QED) is 0.374. The molecule has 1 atom stereocenters. The van der Waals surface area contributed by atoms with Crippen LogP contribution in [0.15, 0.2) is 65.9 Å². The van der Waals surface area contributed by atoms with Gasteiger partial charge in [-0.1, -0.05) is 36.9 Å². The molecule has 0 saturated carbocycles. The van der Waals surface area contributed by atoms with Crippen LogP contribution in [-0.4, -0.2) is 22.5 Å². The van der Waals surface area contributed by atoms with E-state index in [0.717, 1.165) is 11.1 Å². The Bertz CT molecular complexity index is 783. The zero-order valence-electron chi connectivity index (χ0n) is 14.4. The molecule has 1 aliphatic rings. The molecule has 0 heterocycles. The molecule has 5 heteroatoms. The first-order valence-corrected chi connectivity index (χ1v) is 8.13. The first-order valence-electron chi connectivity index (χ1n) is 8.13. The summed E-state index contributed by atoms with van der Waals surface area (Å²) in [5.74, 6) is -0.0971. The van der Waals surface area contributed by atoms with Crippen molar-refractivity contribution in [3.8, 4) is 6.07 Å². The Hall–Kier alpha value is -3.13. The first kappa shape index (κ1) is 18.2. The number of nitrogens with two attached hydrogens (primary N) is 1. The number of nitrogen functional groups attached to an aromatic ring is 1. The number of hydrazone groups is 1. The average molecular weight is 334 g/mol. The largest absolute Gasteiger partial charge is 0.399 e. The van der Waals surface area contributed by atoms with E-state index < -0.39 is 0 Å². The van der Waals surface area contributed by atoms with Crippen LogP contribution in [0.25, 0.3) is 0 Å². The van der Waals surface area contributed by atoms with Gasteiger partial charge in [0.2, 0.25) is 0 Å². The maximum absolute atomic E-state index is 12.0. The van der Waals surface area contributed by atoms with E-state index in [1.54, 1.807) is 17.3 Å². The second-order valence-electron chi connectivity index (χ2n) is 5.86. The molecule has 0 bridgehead atoms. The zero-order valence-corrected chi connectivity index (χ0v) is 14.4. The number of hydrogen-bond donors (Lipinski definition) is 1. The van der Waals surface area contributed by atoms with Crippen LogP contribution in [0.2, 0.25) is 0 Å². The molecule has 0 spiro atoms. The minimum atomic E-state index is -0.0971. The molecule has 128 valence electrons. The Morgan fingerprint density at radius 1 is 1.56 bits per heavy atom. The van der Waals surface area contributed by atoms with Gasteiger partial charge in [-0.05, 0) is 24.1 Å². The summed E-state index contributed by atoms with van der Waals surface area (Å²) in [5.41, 5.74) is 8.56. The molecule has 0 aromatic heterocycles. The molecule has 25 heavy (non-hydrogen) atoms. The molecule has 5 nitrogen and oxygen atoms in total. The monoisotopic (exact) mass is 334 g/mol. The standard InChI is InChI=1S/C20H22N4O/c1-3-24(19-9-5-6-16(14-21)10-11-19)23-20(15(2)25)13-17-7-4-8-18(22)12-17/h3-5,7-10,12,19H,1,6,11,13,22H2,2H3. The summed E-state index contributed by atoms with van der Waals surface area (Å²) in [6.07, 6.45) is 9.10. The molecule has 0 aliphatic heterocycles. The third-order valence-electron chi connectivity index (χ3n) is 3.94. The van der Waals surface area contributed by atoms with E-state index in [1.807, 2.05) is 36.4 Å². The molecule has 1 unspecified atom stereocenters. The normalized spacial score (nSPS) is 17.2. The van der Waals surface area contributed by atoms with E-state index in [0.29, 0.717) is 30.7 Å². The predicted molar refractivity (Wildman–Crippen MR) is 101 cm³/mol. The summed E-state index contributed by atoms with van der Waals surface area (Å²) in [7, 11) is 0. The molecule has 0 radical (unpaired) electrons. The van der Waals surface area contributed by atoms with Crippen molar-refractivity contribution in [1.82, 2.24) is 5.01 Å². The SMILES string of the molecule is C=CN(N=C(Cc1cccc(N)c1)C(C)=O)C1C=CCC(C#N)=CC1. The van der Waals surface area contributed by atoms with Crippen molar-refractivity contribution in [3.63, 3.8) is 0 Å². The highest BCUT2D eigenvalue weighted by atomic mass is 16.1. The minimum absolute atomic E-state index is 0.0708. The number of benzene rings is 1. The third-order valence-corrected chi connectivity index (χ3v) is 3.94. The molecule has 0 fully saturated rings. The van der Waals surface area contributed by atoms with Gasteiger partial charge in [-0.3, -0.25) is 9.80 Å². The van der Waals surface area contributed by atoms with E-state index in [1.165, 1.54) is 6.92 Å². The average Bonchev–Trinajstić information content (AvgIpc) is 2.84. The second kappa shape index (κ2) is 8.65. The van der Waals surface area contributed by atoms with Crippen LogP contribution in [0.3, 0.4) is 0 Å². The zero-order chi connectivity index (χ0) is 18.2. The van der Waals surface area contributed by atoms with Crippen molar-refractivity contribution in [3.05, 3.63) is 66.4 Å². The minimum Gasteiger partial charge on any atom is -0.399 e. The summed E-state index contributed by atoms with van der Waals surface area (Å²) in [4.78, 5) is 12.0. The lowest BCUT2D eigenvalue weighted by Crippen LogP contribution is -2.27. The summed E-state index contributed by atoms with van der Waals surface area (Å²) in [6, 6.07) is 9.53. The highest BCUT2D eigenvalue weighted by molar-refractivity contribution is 6.39. The van der Waals surface area contributed by atoms with E-state index in [2.05, 4.69) is 17.7 Å². The number of Topliss-reactive ketones (excluding diaryl/α,β-unsaturated/α-hetero) is 1.